The van der Waals surface area contributed by atoms with Gasteiger partial charge in [0, 0.05) is 6.07 Å². The monoisotopic (exact) mass is 293 g/mol. The molecule has 2 rings (SSSR count). The summed E-state index contributed by atoms with van der Waals surface area (Å²) >= 11 is 0. The number of nitrogens with one attached hydrogen (secondary N) is 1. The zero-order chi connectivity index (χ0) is 15.6. The maximum absolute atomic E-state index is 12.4. The third-order valence-electron chi connectivity index (χ3n) is 3.57. The highest BCUT2D eigenvalue weighted by atomic mass is 16.6. The second kappa shape index (κ2) is 5.63. The predicted octanol–water partition coefficient (Wildman–Crippen LogP) is 1.98. The molecule has 1 amide bonds. The highest BCUT2D eigenvalue weighted by Gasteiger charge is 2.46. The van der Waals surface area contributed by atoms with E-state index in [4.69, 9.17) is 14.2 Å². The molecule has 1 atom stereocenters. The van der Waals surface area contributed by atoms with Crippen molar-refractivity contribution in [3.63, 3.8) is 0 Å². The molecule has 0 spiro atoms. The Kier molecular flexibility index (Phi) is 4.06. The molecule has 1 aliphatic heterocycles. The molecule has 0 aromatic heterocycles. The van der Waals surface area contributed by atoms with Crippen LogP contribution in [0.4, 0.5) is 5.69 Å². The van der Waals surface area contributed by atoms with Crippen molar-refractivity contribution in [2.75, 3.05) is 19.5 Å². The molecular weight excluding hydrogens is 274 g/mol. The van der Waals surface area contributed by atoms with Gasteiger partial charge in [-0.25, -0.2) is 0 Å². The van der Waals surface area contributed by atoms with E-state index in [-0.39, 0.29) is 18.3 Å². The summed E-state index contributed by atoms with van der Waals surface area (Å²) in [7, 11) is 3.06. The second-order valence-electron chi connectivity index (χ2n) is 5.39. The minimum absolute atomic E-state index is 0.0807. The number of amides is 1. The molecular formula is C15H19NO5. The van der Waals surface area contributed by atoms with Crippen molar-refractivity contribution in [1.82, 2.24) is 0 Å². The van der Waals surface area contributed by atoms with Crippen LogP contribution in [0.1, 0.15) is 20.3 Å². The third kappa shape index (κ3) is 3.09. The van der Waals surface area contributed by atoms with Crippen LogP contribution in [0.25, 0.3) is 0 Å². The minimum Gasteiger partial charge on any atom is -0.497 e. The highest BCUT2D eigenvalue weighted by molar-refractivity contribution is 5.97. The van der Waals surface area contributed by atoms with Gasteiger partial charge in [-0.15, -0.1) is 0 Å². The van der Waals surface area contributed by atoms with Crippen LogP contribution in [0.15, 0.2) is 18.2 Å². The van der Waals surface area contributed by atoms with Gasteiger partial charge in [-0.05, 0) is 26.0 Å². The summed E-state index contributed by atoms with van der Waals surface area (Å²) in [6, 6.07) is 5.09. The summed E-state index contributed by atoms with van der Waals surface area (Å²) in [5.41, 5.74) is -0.278. The summed E-state index contributed by atoms with van der Waals surface area (Å²) in [6.07, 6.45) is 0.0807. The van der Waals surface area contributed by atoms with Gasteiger partial charge in [0.1, 0.15) is 17.1 Å². The van der Waals surface area contributed by atoms with Crippen LogP contribution < -0.4 is 14.8 Å². The third-order valence-corrected chi connectivity index (χ3v) is 3.57. The molecule has 21 heavy (non-hydrogen) atoms. The van der Waals surface area contributed by atoms with Crippen LogP contribution in [0.5, 0.6) is 11.5 Å². The van der Waals surface area contributed by atoms with Gasteiger partial charge in [0.2, 0.25) is 5.91 Å². The Hall–Kier alpha value is -2.24. The summed E-state index contributed by atoms with van der Waals surface area (Å²) in [5.74, 6) is -0.0386. The number of cyclic esters (lactones) is 1. The molecule has 1 fully saturated rings. The summed E-state index contributed by atoms with van der Waals surface area (Å²) < 4.78 is 15.5. The van der Waals surface area contributed by atoms with E-state index in [0.717, 1.165) is 0 Å². The fourth-order valence-electron chi connectivity index (χ4n) is 2.35. The molecule has 1 aromatic rings. The van der Waals surface area contributed by atoms with E-state index in [2.05, 4.69) is 5.32 Å². The first-order valence-electron chi connectivity index (χ1n) is 6.62. The number of rotatable bonds is 4. The number of ether oxygens (including phenoxy) is 3. The summed E-state index contributed by atoms with van der Waals surface area (Å²) in [6.45, 7) is 3.46. The van der Waals surface area contributed by atoms with E-state index in [1.54, 1.807) is 39.2 Å². The molecule has 1 aromatic carbocycles. The van der Waals surface area contributed by atoms with Crippen LogP contribution >= 0.6 is 0 Å². The summed E-state index contributed by atoms with van der Waals surface area (Å²) in [4.78, 5) is 23.8. The van der Waals surface area contributed by atoms with Gasteiger partial charge in [0.25, 0.3) is 0 Å². The van der Waals surface area contributed by atoms with Crippen LogP contribution in [0.3, 0.4) is 0 Å². The Bertz CT molecular complexity index is 567. The van der Waals surface area contributed by atoms with Crippen molar-refractivity contribution in [3.8, 4) is 11.5 Å². The minimum atomic E-state index is -0.805. The number of anilines is 1. The van der Waals surface area contributed by atoms with E-state index in [1.807, 2.05) is 0 Å². The molecule has 1 aliphatic rings. The summed E-state index contributed by atoms with van der Waals surface area (Å²) in [5, 5.41) is 2.78. The molecule has 0 radical (unpaired) electrons. The van der Waals surface area contributed by atoms with Crippen molar-refractivity contribution in [2.24, 2.45) is 5.92 Å². The van der Waals surface area contributed by atoms with Crippen molar-refractivity contribution in [2.45, 2.75) is 25.9 Å². The Balaban J connectivity index is 2.18. The number of hydrogen-bond acceptors (Lipinski definition) is 5. The first-order valence-corrected chi connectivity index (χ1v) is 6.62. The molecule has 0 saturated carbocycles. The Morgan fingerprint density at radius 3 is 2.57 bits per heavy atom. The number of carbonyl (C=O) groups excluding carboxylic acids is 2. The molecule has 6 nitrogen and oxygen atoms in total. The average molecular weight is 293 g/mol. The van der Waals surface area contributed by atoms with Crippen molar-refractivity contribution >= 4 is 17.6 Å². The van der Waals surface area contributed by atoms with Gasteiger partial charge in [-0.1, -0.05) is 0 Å². The number of hydrogen-bond donors (Lipinski definition) is 1. The Morgan fingerprint density at radius 2 is 2.05 bits per heavy atom. The zero-order valence-electron chi connectivity index (χ0n) is 12.6. The molecule has 0 aliphatic carbocycles. The topological polar surface area (TPSA) is 73.9 Å². The van der Waals surface area contributed by atoms with E-state index in [0.29, 0.717) is 17.2 Å². The van der Waals surface area contributed by atoms with E-state index in [9.17, 15) is 9.59 Å². The lowest BCUT2D eigenvalue weighted by Crippen LogP contribution is -2.36. The highest BCUT2D eigenvalue weighted by Crippen LogP contribution is 2.35. The molecule has 1 saturated heterocycles. The van der Waals surface area contributed by atoms with Gasteiger partial charge < -0.3 is 19.5 Å². The zero-order valence-corrected chi connectivity index (χ0v) is 12.6. The van der Waals surface area contributed by atoms with Crippen molar-refractivity contribution in [3.05, 3.63) is 18.2 Å². The first-order chi connectivity index (χ1) is 9.87. The van der Waals surface area contributed by atoms with Crippen molar-refractivity contribution < 1.29 is 23.8 Å². The number of benzene rings is 1. The predicted molar refractivity (Wildman–Crippen MR) is 76.5 cm³/mol. The van der Waals surface area contributed by atoms with Crippen molar-refractivity contribution in [1.29, 1.82) is 0 Å². The van der Waals surface area contributed by atoms with Crippen LogP contribution in [-0.4, -0.2) is 31.7 Å². The van der Waals surface area contributed by atoms with E-state index in [1.165, 1.54) is 7.11 Å². The fourth-order valence-corrected chi connectivity index (χ4v) is 2.35. The lowest BCUT2D eigenvalue weighted by Gasteiger charge is -2.24. The lowest BCUT2D eigenvalue weighted by molar-refractivity contribution is -0.147. The maximum atomic E-state index is 12.4. The number of esters is 1. The Labute approximate surface area is 123 Å². The molecule has 114 valence electrons. The number of carbonyl (C=O) groups is 2. The molecule has 6 heteroatoms. The van der Waals surface area contributed by atoms with Crippen LogP contribution in [-0.2, 0) is 14.3 Å². The molecule has 0 bridgehead atoms. The van der Waals surface area contributed by atoms with E-state index < -0.39 is 11.5 Å². The SMILES string of the molecule is COc1ccc(NC(=O)[C@@H]2CC(=O)OC2(C)C)c(OC)c1. The normalized spacial score (nSPS) is 19.8. The van der Waals surface area contributed by atoms with Crippen LogP contribution in [0.2, 0.25) is 0 Å². The standard InChI is InChI=1S/C15H19NO5/c1-15(2)10(8-13(17)21-15)14(18)16-11-6-5-9(19-3)7-12(11)20-4/h5-7,10H,8H2,1-4H3,(H,16,18)/t10-/m0/s1. The van der Waals surface area contributed by atoms with Gasteiger partial charge in [0.05, 0.1) is 32.2 Å². The van der Waals surface area contributed by atoms with Gasteiger partial charge in [-0.2, -0.15) is 0 Å². The quantitative estimate of drug-likeness (QED) is 0.859. The molecule has 0 unspecified atom stereocenters. The van der Waals surface area contributed by atoms with Gasteiger partial charge in [-0.3, -0.25) is 9.59 Å². The largest absolute Gasteiger partial charge is 0.497 e. The van der Waals surface area contributed by atoms with Gasteiger partial charge in [0.15, 0.2) is 0 Å². The smallest absolute Gasteiger partial charge is 0.307 e. The first kappa shape index (κ1) is 15.2. The fraction of sp³-hybridized carbons (Fsp3) is 0.467. The van der Waals surface area contributed by atoms with E-state index >= 15 is 0 Å². The van der Waals surface area contributed by atoms with Gasteiger partial charge >= 0.3 is 5.97 Å². The Morgan fingerprint density at radius 1 is 1.33 bits per heavy atom. The average Bonchev–Trinajstić information content (AvgIpc) is 2.72. The maximum Gasteiger partial charge on any atom is 0.307 e. The second-order valence-corrected chi connectivity index (χ2v) is 5.39. The molecule has 1 heterocycles. The van der Waals surface area contributed by atoms with Crippen LogP contribution in [0, 0.1) is 5.92 Å². The number of methoxy groups -OCH3 is 2. The lowest BCUT2D eigenvalue weighted by atomic mass is 9.90. The molecule has 1 N–H and O–H groups in total.